The van der Waals surface area contributed by atoms with E-state index in [-0.39, 0.29) is 17.8 Å². The Morgan fingerprint density at radius 3 is 2.22 bits per heavy atom. The number of piperidine rings is 1. The number of urea groups is 1. The fraction of sp³-hybridized carbons (Fsp3) is 0.321. The number of alkyl halides is 3. The molecule has 3 aromatic carbocycles. The van der Waals surface area contributed by atoms with Crippen molar-refractivity contribution >= 4 is 11.7 Å². The van der Waals surface area contributed by atoms with E-state index in [1.165, 1.54) is 5.56 Å². The van der Waals surface area contributed by atoms with E-state index in [9.17, 15) is 22.4 Å². The summed E-state index contributed by atoms with van der Waals surface area (Å²) >= 11 is 0. The molecule has 3 aromatic rings. The number of hydrogen-bond donors (Lipinski definition) is 1. The Labute approximate surface area is 208 Å². The van der Waals surface area contributed by atoms with Crippen molar-refractivity contribution < 1.29 is 22.4 Å². The molecule has 1 atom stereocenters. The van der Waals surface area contributed by atoms with Crippen LogP contribution in [0.3, 0.4) is 0 Å². The Morgan fingerprint density at radius 1 is 1.00 bits per heavy atom. The molecule has 1 aliphatic heterocycles. The van der Waals surface area contributed by atoms with Gasteiger partial charge in [0.25, 0.3) is 0 Å². The summed E-state index contributed by atoms with van der Waals surface area (Å²) in [7, 11) is 0. The number of carbonyl (C=O) groups excluding carboxylic acids is 1. The standard InChI is InChI=1S/C28H29F4N3O/c1-20(22-10-6-3-7-11-22)34-14-12-26(13-15-34)35(19-21-8-4-2-5-9-21)27(36)33-25-17-23(28(30,31)32)16-24(29)18-25/h2-11,16-18,20,26H,12-15,19H2,1H3,(H,33,36). The Morgan fingerprint density at radius 2 is 1.61 bits per heavy atom. The molecule has 1 unspecified atom stereocenters. The number of benzene rings is 3. The first-order valence-electron chi connectivity index (χ1n) is 12.0. The van der Waals surface area contributed by atoms with Gasteiger partial charge in [-0.15, -0.1) is 0 Å². The van der Waals surface area contributed by atoms with Crippen molar-refractivity contribution in [2.45, 2.75) is 44.6 Å². The van der Waals surface area contributed by atoms with Gasteiger partial charge in [-0.3, -0.25) is 4.90 Å². The Kier molecular flexibility index (Phi) is 7.94. The molecule has 190 valence electrons. The lowest BCUT2D eigenvalue weighted by molar-refractivity contribution is -0.137. The number of rotatable bonds is 6. The second-order valence-electron chi connectivity index (χ2n) is 9.12. The number of nitrogens with zero attached hydrogens (tertiary/aromatic N) is 2. The van der Waals surface area contributed by atoms with Gasteiger partial charge in [0.1, 0.15) is 5.82 Å². The van der Waals surface area contributed by atoms with E-state index < -0.39 is 23.6 Å². The monoisotopic (exact) mass is 499 g/mol. The van der Waals surface area contributed by atoms with Crippen molar-refractivity contribution in [1.29, 1.82) is 0 Å². The number of carbonyl (C=O) groups is 1. The quantitative estimate of drug-likeness (QED) is 0.367. The van der Waals surface area contributed by atoms with Crippen LogP contribution in [-0.4, -0.2) is 35.0 Å². The van der Waals surface area contributed by atoms with Gasteiger partial charge in [0, 0.05) is 37.4 Å². The van der Waals surface area contributed by atoms with Gasteiger partial charge in [-0.25, -0.2) is 9.18 Å². The fourth-order valence-electron chi connectivity index (χ4n) is 4.69. The summed E-state index contributed by atoms with van der Waals surface area (Å²) in [6.45, 7) is 4.01. The summed E-state index contributed by atoms with van der Waals surface area (Å²) in [6.07, 6.45) is -3.28. The minimum atomic E-state index is -4.71. The maximum absolute atomic E-state index is 13.9. The van der Waals surface area contributed by atoms with Crippen molar-refractivity contribution in [3.8, 4) is 0 Å². The van der Waals surface area contributed by atoms with E-state index in [1.807, 2.05) is 48.5 Å². The molecule has 0 spiro atoms. The molecule has 0 bridgehead atoms. The number of hydrogen-bond acceptors (Lipinski definition) is 2. The molecule has 0 aliphatic carbocycles. The van der Waals surface area contributed by atoms with Crippen LogP contribution in [0.15, 0.2) is 78.9 Å². The van der Waals surface area contributed by atoms with Crippen LogP contribution < -0.4 is 5.32 Å². The SMILES string of the molecule is CC(c1ccccc1)N1CCC(N(Cc2ccccc2)C(=O)Nc2cc(F)cc(C(F)(F)F)c2)CC1. The molecule has 36 heavy (non-hydrogen) atoms. The molecule has 4 nitrogen and oxygen atoms in total. The van der Waals surface area contributed by atoms with Gasteiger partial charge in [0.15, 0.2) is 0 Å². The molecular formula is C28H29F4N3O. The average Bonchev–Trinajstić information content (AvgIpc) is 2.87. The molecular weight excluding hydrogens is 470 g/mol. The largest absolute Gasteiger partial charge is 0.416 e. The molecule has 0 radical (unpaired) electrons. The Bertz CT molecular complexity index is 1150. The van der Waals surface area contributed by atoms with Crippen LogP contribution in [0.2, 0.25) is 0 Å². The van der Waals surface area contributed by atoms with Gasteiger partial charge in [-0.05, 0) is 49.1 Å². The first-order valence-corrected chi connectivity index (χ1v) is 12.0. The number of likely N-dealkylation sites (tertiary alicyclic amines) is 1. The zero-order valence-corrected chi connectivity index (χ0v) is 20.0. The highest BCUT2D eigenvalue weighted by Gasteiger charge is 2.33. The average molecular weight is 500 g/mol. The maximum Gasteiger partial charge on any atom is 0.416 e. The predicted molar refractivity (Wildman–Crippen MR) is 132 cm³/mol. The summed E-state index contributed by atoms with van der Waals surface area (Å²) in [5.74, 6) is -1.06. The lowest BCUT2D eigenvalue weighted by Gasteiger charge is -2.41. The predicted octanol–water partition coefficient (Wildman–Crippen LogP) is 7.10. The normalized spacial score (nSPS) is 15.9. The number of amides is 2. The van der Waals surface area contributed by atoms with Gasteiger partial charge < -0.3 is 10.2 Å². The van der Waals surface area contributed by atoms with E-state index in [1.54, 1.807) is 4.90 Å². The van der Waals surface area contributed by atoms with Gasteiger partial charge in [0.05, 0.1) is 5.56 Å². The van der Waals surface area contributed by atoms with Crippen LogP contribution in [-0.2, 0) is 12.7 Å². The van der Waals surface area contributed by atoms with Crippen molar-refractivity contribution in [2.75, 3.05) is 18.4 Å². The van der Waals surface area contributed by atoms with Gasteiger partial charge in [0.2, 0.25) is 0 Å². The molecule has 0 aromatic heterocycles. The minimum absolute atomic E-state index is 0.111. The van der Waals surface area contributed by atoms with E-state index in [2.05, 4.69) is 29.3 Å². The van der Waals surface area contributed by atoms with Gasteiger partial charge in [-0.1, -0.05) is 60.7 Å². The zero-order valence-electron chi connectivity index (χ0n) is 20.0. The lowest BCUT2D eigenvalue weighted by Crippen LogP contribution is -2.48. The third-order valence-corrected chi connectivity index (χ3v) is 6.70. The summed E-state index contributed by atoms with van der Waals surface area (Å²) in [6, 6.07) is 21.3. The summed E-state index contributed by atoms with van der Waals surface area (Å²) < 4.78 is 53.4. The minimum Gasteiger partial charge on any atom is -0.317 e. The maximum atomic E-state index is 13.9. The second kappa shape index (κ2) is 11.1. The highest BCUT2D eigenvalue weighted by Crippen LogP contribution is 2.32. The molecule has 8 heteroatoms. The highest BCUT2D eigenvalue weighted by molar-refractivity contribution is 5.89. The third kappa shape index (κ3) is 6.43. The fourth-order valence-corrected chi connectivity index (χ4v) is 4.69. The molecule has 0 saturated carbocycles. The summed E-state index contributed by atoms with van der Waals surface area (Å²) in [4.78, 5) is 17.3. The van der Waals surface area contributed by atoms with Crippen molar-refractivity contribution in [3.63, 3.8) is 0 Å². The smallest absolute Gasteiger partial charge is 0.317 e. The van der Waals surface area contributed by atoms with Crippen molar-refractivity contribution in [1.82, 2.24) is 9.80 Å². The summed E-state index contributed by atoms with van der Waals surface area (Å²) in [5, 5.41) is 2.51. The van der Waals surface area contributed by atoms with Crippen LogP contribution in [0.5, 0.6) is 0 Å². The Hall–Kier alpha value is -3.39. The van der Waals surface area contributed by atoms with Gasteiger partial charge >= 0.3 is 12.2 Å². The topological polar surface area (TPSA) is 35.6 Å². The zero-order chi connectivity index (χ0) is 25.7. The molecule has 4 rings (SSSR count). The number of halogens is 4. The van der Waals surface area contributed by atoms with Crippen LogP contribution in [0, 0.1) is 5.82 Å². The van der Waals surface area contributed by atoms with Crippen LogP contribution >= 0.6 is 0 Å². The third-order valence-electron chi connectivity index (χ3n) is 6.70. The molecule has 2 amide bonds. The molecule has 1 saturated heterocycles. The van der Waals surface area contributed by atoms with Gasteiger partial charge in [-0.2, -0.15) is 13.2 Å². The number of nitrogens with one attached hydrogen (secondary N) is 1. The van der Waals surface area contributed by atoms with Crippen molar-refractivity contribution in [2.24, 2.45) is 0 Å². The van der Waals surface area contributed by atoms with E-state index in [0.717, 1.165) is 30.8 Å². The molecule has 1 fully saturated rings. The Balaban J connectivity index is 1.50. The van der Waals surface area contributed by atoms with Crippen LogP contribution in [0.1, 0.15) is 42.5 Å². The lowest BCUT2D eigenvalue weighted by atomic mass is 9.98. The van der Waals surface area contributed by atoms with Crippen LogP contribution in [0.4, 0.5) is 28.0 Å². The van der Waals surface area contributed by atoms with E-state index in [4.69, 9.17) is 0 Å². The molecule has 1 heterocycles. The highest BCUT2D eigenvalue weighted by atomic mass is 19.4. The van der Waals surface area contributed by atoms with Crippen LogP contribution in [0.25, 0.3) is 0 Å². The second-order valence-corrected chi connectivity index (χ2v) is 9.12. The molecule has 1 aliphatic rings. The van der Waals surface area contributed by atoms with Crippen molar-refractivity contribution in [3.05, 3.63) is 101 Å². The first-order chi connectivity index (χ1) is 17.2. The first kappa shape index (κ1) is 25.7. The number of anilines is 1. The van der Waals surface area contributed by atoms with E-state index in [0.29, 0.717) is 25.5 Å². The van der Waals surface area contributed by atoms with E-state index >= 15 is 0 Å². The molecule has 1 N–H and O–H groups in total. The summed E-state index contributed by atoms with van der Waals surface area (Å²) in [5.41, 5.74) is 0.764.